The SMILES string of the molecule is O=C1C[C@H](C(=O)Nc2ccccc2OC(F)F)n2c(nnc2-c2ccco2)N1. The smallest absolute Gasteiger partial charge is 0.387 e. The van der Waals surface area contributed by atoms with Gasteiger partial charge in [0.05, 0.1) is 18.4 Å². The number of benzene rings is 1. The van der Waals surface area contributed by atoms with Crippen LogP contribution in [0.1, 0.15) is 12.5 Å². The highest BCUT2D eigenvalue weighted by Crippen LogP contribution is 2.32. The van der Waals surface area contributed by atoms with Crippen LogP contribution < -0.4 is 15.4 Å². The van der Waals surface area contributed by atoms with E-state index in [2.05, 4.69) is 25.6 Å². The number of aromatic nitrogens is 3. The zero-order valence-corrected chi connectivity index (χ0v) is 14.1. The summed E-state index contributed by atoms with van der Waals surface area (Å²) in [6, 6.07) is 8.03. The van der Waals surface area contributed by atoms with E-state index in [-0.39, 0.29) is 29.6 Å². The number of halogens is 2. The molecule has 0 saturated heterocycles. The maximum atomic E-state index is 12.9. The number of ether oxygens (including phenoxy) is 1. The van der Waals surface area contributed by atoms with Crippen LogP contribution in [0.25, 0.3) is 11.6 Å². The van der Waals surface area contributed by atoms with E-state index in [1.165, 1.54) is 29.0 Å². The van der Waals surface area contributed by atoms with Crippen molar-refractivity contribution in [1.29, 1.82) is 0 Å². The number of alkyl halides is 2. The van der Waals surface area contributed by atoms with Crippen LogP contribution in [0.5, 0.6) is 5.75 Å². The molecule has 9 nitrogen and oxygen atoms in total. The van der Waals surface area contributed by atoms with E-state index in [0.29, 0.717) is 5.76 Å². The molecular formula is C17H13F2N5O4. The Hall–Kier alpha value is -3.76. The van der Waals surface area contributed by atoms with Crippen molar-refractivity contribution in [1.82, 2.24) is 14.8 Å². The zero-order valence-electron chi connectivity index (χ0n) is 14.1. The highest BCUT2D eigenvalue weighted by Gasteiger charge is 2.35. The number of amides is 2. The molecule has 0 saturated carbocycles. The summed E-state index contributed by atoms with van der Waals surface area (Å²) in [5.41, 5.74) is 0.0490. The number of nitrogens with zero attached hydrogens (tertiary/aromatic N) is 3. The Morgan fingerprint density at radius 2 is 2.11 bits per heavy atom. The monoisotopic (exact) mass is 389 g/mol. The lowest BCUT2D eigenvalue weighted by Crippen LogP contribution is -2.35. The normalized spacial score (nSPS) is 15.8. The van der Waals surface area contributed by atoms with E-state index in [0.717, 1.165) is 0 Å². The van der Waals surface area contributed by atoms with Crippen LogP contribution in [0.2, 0.25) is 0 Å². The molecule has 3 aromatic rings. The van der Waals surface area contributed by atoms with Gasteiger partial charge in [0.15, 0.2) is 5.76 Å². The van der Waals surface area contributed by atoms with Gasteiger partial charge in [0.2, 0.25) is 23.6 Å². The quantitative estimate of drug-likeness (QED) is 0.694. The predicted molar refractivity (Wildman–Crippen MR) is 91.7 cm³/mol. The van der Waals surface area contributed by atoms with Crippen molar-refractivity contribution in [3.05, 3.63) is 42.7 Å². The van der Waals surface area contributed by atoms with E-state index in [4.69, 9.17) is 4.42 Å². The third-order valence-electron chi connectivity index (χ3n) is 4.04. The largest absolute Gasteiger partial charge is 0.461 e. The fraction of sp³-hybridized carbons (Fsp3) is 0.176. The lowest BCUT2D eigenvalue weighted by Gasteiger charge is -2.25. The Labute approximate surface area is 156 Å². The summed E-state index contributed by atoms with van der Waals surface area (Å²) >= 11 is 0. The molecule has 3 heterocycles. The zero-order chi connectivity index (χ0) is 19.7. The molecule has 0 radical (unpaired) electrons. The molecule has 11 heteroatoms. The number of furan rings is 1. The van der Waals surface area contributed by atoms with Crippen LogP contribution in [0.4, 0.5) is 20.4 Å². The van der Waals surface area contributed by atoms with Crippen LogP contribution >= 0.6 is 0 Å². The van der Waals surface area contributed by atoms with Gasteiger partial charge in [0.25, 0.3) is 0 Å². The third kappa shape index (κ3) is 3.29. The maximum absolute atomic E-state index is 12.9. The summed E-state index contributed by atoms with van der Waals surface area (Å²) in [5.74, 6) is -0.551. The molecule has 0 bridgehead atoms. The Balaban J connectivity index is 1.67. The lowest BCUT2D eigenvalue weighted by molar-refractivity contribution is -0.125. The van der Waals surface area contributed by atoms with Gasteiger partial charge < -0.3 is 14.5 Å². The predicted octanol–water partition coefficient (Wildman–Crippen LogP) is 2.66. The number of anilines is 2. The van der Waals surface area contributed by atoms with E-state index in [1.807, 2.05) is 0 Å². The minimum atomic E-state index is -3.05. The second kappa shape index (κ2) is 7.10. The Morgan fingerprint density at radius 3 is 2.86 bits per heavy atom. The maximum Gasteiger partial charge on any atom is 0.387 e. The molecule has 0 aliphatic carbocycles. The Morgan fingerprint density at radius 1 is 1.29 bits per heavy atom. The minimum absolute atomic E-state index is 0.0490. The standard InChI is InChI=1S/C17H13F2N5O4/c18-16(19)28-11-5-2-1-4-9(11)20-15(26)10-8-13(25)21-17-23-22-14(24(10)17)12-6-3-7-27-12/h1-7,10,16H,8H2,(H,20,26)(H,21,23,25)/t10-/m1/s1. The van der Waals surface area contributed by atoms with Crippen LogP contribution in [0, 0.1) is 0 Å². The van der Waals surface area contributed by atoms with Crippen molar-refractivity contribution < 1.29 is 27.5 Å². The molecule has 144 valence electrons. The minimum Gasteiger partial charge on any atom is -0.461 e. The third-order valence-corrected chi connectivity index (χ3v) is 4.04. The van der Waals surface area contributed by atoms with Gasteiger partial charge in [-0.15, -0.1) is 10.2 Å². The summed E-state index contributed by atoms with van der Waals surface area (Å²) in [4.78, 5) is 24.9. The average Bonchev–Trinajstić information content (AvgIpc) is 3.31. The summed E-state index contributed by atoms with van der Waals surface area (Å²) < 4.78 is 36.3. The van der Waals surface area contributed by atoms with Gasteiger partial charge in [-0.1, -0.05) is 12.1 Å². The molecule has 1 atom stereocenters. The van der Waals surface area contributed by atoms with Crippen molar-refractivity contribution in [3.63, 3.8) is 0 Å². The van der Waals surface area contributed by atoms with Crippen LogP contribution in [-0.2, 0) is 9.59 Å². The van der Waals surface area contributed by atoms with Gasteiger partial charge in [-0.3, -0.25) is 19.5 Å². The summed E-state index contributed by atoms with van der Waals surface area (Å²) in [6.07, 6.45) is 1.24. The topological polar surface area (TPSA) is 111 Å². The number of hydrogen-bond donors (Lipinski definition) is 2. The number of para-hydroxylation sites is 2. The first kappa shape index (κ1) is 17.6. The molecule has 4 rings (SSSR count). The van der Waals surface area contributed by atoms with Crippen molar-refractivity contribution in [2.24, 2.45) is 0 Å². The second-order valence-electron chi connectivity index (χ2n) is 5.83. The summed E-state index contributed by atoms with van der Waals surface area (Å²) in [5, 5.41) is 12.9. The van der Waals surface area contributed by atoms with Crippen molar-refractivity contribution in [2.75, 3.05) is 10.6 Å². The highest BCUT2D eigenvalue weighted by atomic mass is 19.3. The molecule has 2 aromatic heterocycles. The Kier molecular flexibility index (Phi) is 4.47. The second-order valence-corrected chi connectivity index (χ2v) is 5.83. The first-order chi connectivity index (χ1) is 13.5. The van der Waals surface area contributed by atoms with Gasteiger partial charge in [0.1, 0.15) is 11.8 Å². The molecule has 1 aliphatic heterocycles. The van der Waals surface area contributed by atoms with Crippen LogP contribution in [0.15, 0.2) is 47.1 Å². The highest BCUT2D eigenvalue weighted by molar-refractivity contribution is 6.01. The van der Waals surface area contributed by atoms with E-state index >= 15 is 0 Å². The van der Waals surface area contributed by atoms with Crippen molar-refractivity contribution >= 4 is 23.5 Å². The number of carbonyl (C=O) groups is 2. The van der Waals surface area contributed by atoms with Crippen LogP contribution in [0.3, 0.4) is 0 Å². The van der Waals surface area contributed by atoms with Gasteiger partial charge >= 0.3 is 6.61 Å². The average molecular weight is 389 g/mol. The Bertz CT molecular complexity index is 1020. The lowest BCUT2D eigenvalue weighted by atomic mass is 10.1. The number of fused-ring (bicyclic) bond motifs is 1. The van der Waals surface area contributed by atoms with Crippen molar-refractivity contribution in [3.8, 4) is 17.3 Å². The number of carbonyl (C=O) groups excluding carboxylic acids is 2. The molecule has 2 amide bonds. The molecule has 1 aliphatic rings. The number of hydrogen-bond acceptors (Lipinski definition) is 6. The van der Waals surface area contributed by atoms with E-state index in [1.54, 1.807) is 18.2 Å². The molecule has 28 heavy (non-hydrogen) atoms. The molecule has 0 unspecified atom stereocenters. The summed E-state index contributed by atoms with van der Waals surface area (Å²) in [6.45, 7) is -3.05. The summed E-state index contributed by atoms with van der Waals surface area (Å²) in [7, 11) is 0. The van der Waals surface area contributed by atoms with Gasteiger partial charge in [-0.25, -0.2) is 0 Å². The van der Waals surface area contributed by atoms with Crippen molar-refractivity contribution in [2.45, 2.75) is 19.1 Å². The first-order valence-corrected chi connectivity index (χ1v) is 8.16. The van der Waals surface area contributed by atoms with Gasteiger partial charge in [0, 0.05) is 0 Å². The number of nitrogens with one attached hydrogen (secondary N) is 2. The van der Waals surface area contributed by atoms with Gasteiger partial charge in [-0.2, -0.15) is 8.78 Å². The number of rotatable bonds is 5. The fourth-order valence-corrected chi connectivity index (χ4v) is 2.88. The molecular weight excluding hydrogens is 376 g/mol. The van der Waals surface area contributed by atoms with Gasteiger partial charge in [-0.05, 0) is 24.3 Å². The van der Waals surface area contributed by atoms with Crippen LogP contribution in [-0.4, -0.2) is 33.2 Å². The van der Waals surface area contributed by atoms with E-state index < -0.39 is 24.5 Å². The first-order valence-electron chi connectivity index (χ1n) is 8.16. The fourth-order valence-electron chi connectivity index (χ4n) is 2.88. The molecule has 0 fully saturated rings. The molecule has 2 N–H and O–H groups in total. The van der Waals surface area contributed by atoms with E-state index in [9.17, 15) is 18.4 Å². The molecule has 1 aromatic carbocycles. The molecule has 0 spiro atoms.